The summed E-state index contributed by atoms with van der Waals surface area (Å²) in [7, 11) is -3.68. The van der Waals surface area contributed by atoms with Gasteiger partial charge in [0.2, 0.25) is 0 Å². The summed E-state index contributed by atoms with van der Waals surface area (Å²) in [6, 6.07) is 17.2. The number of aromatic nitrogens is 1. The highest BCUT2D eigenvalue weighted by Crippen LogP contribution is 2.25. The molecule has 0 radical (unpaired) electrons. The summed E-state index contributed by atoms with van der Waals surface area (Å²) in [5, 5.41) is 0.901. The molecule has 1 heterocycles. The van der Waals surface area contributed by atoms with Crippen LogP contribution in [0, 0.1) is 6.92 Å². The predicted octanol–water partition coefficient (Wildman–Crippen LogP) is 4.96. The Morgan fingerprint density at radius 3 is 2.21 bits per heavy atom. The maximum absolute atomic E-state index is 12.9. The van der Waals surface area contributed by atoms with Crippen LogP contribution in [0.15, 0.2) is 59.5 Å². The topological polar surface area (TPSA) is 62.3 Å². The second-order valence-electron chi connectivity index (χ2n) is 7.96. The first-order chi connectivity index (χ1) is 13.7. The third-order valence-electron chi connectivity index (χ3n) is 5.02. The van der Waals surface area contributed by atoms with Crippen molar-refractivity contribution in [1.82, 2.24) is 9.88 Å². The minimum Gasteiger partial charge on any atom is -0.293 e. The maximum Gasteiger partial charge on any atom is 0.261 e. The molecule has 0 amide bonds. The zero-order valence-corrected chi connectivity index (χ0v) is 18.5. The lowest BCUT2D eigenvalue weighted by Crippen LogP contribution is -2.36. The molecule has 154 valence electrons. The number of para-hydroxylation sites is 1. The lowest BCUT2D eigenvalue weighted by atomic mass is 10.1. The van der Waals surface area contributed by atoms with Crippen LogP contribution in [0.2, 0.25) is 0 Å². The Morgan fingerprint density at radius 2 is 1.59 bits per heavy atom. The normalized spacial score (nSPS) is 12.3. The van der Waals surface area contributed by atoms with Crippen molar-refractivity contribution in [2.75, 3.05) is 4.72 Å². The molecule has 5 nitrogen and oxygen atoms in total. The third-order valence-corrected chi connectivity index (χ3v) is 6.41. The molecule has 6 heteroatoms. The number of nitrogens with one attached hydrogen (secondary N) is 1. The first kappa shape index (κ1) is 21.3. The molecule has 0 aliphatic rings. The zero-order chi connectivity index (χ0) is 21.2. The summed E-state index contributed by atoms with van der Waals surface area (Å²) in [6.45, 7) is 11.3. The first-order valence-corrected chi connectivity index (χ1v) is 11.4. The molecule has 0 saturated heterocycles. The van der Waals surface area contributed by atoms with Crippen molar-refractivity contribution in [1.29, 1.82) is 0 Å². The van der Waals surface area contributed by atoms with Crippen LogP contribution in [0.1, 0.15) is 39.0 Å². The molecule has 0 bridgehead atoms. The molecular formula is C23H29N3O2S. The molecular weight excluding hydrogens is 382 g/mol. The first-order valence-electron chi connectivity index (χ1n) is 9.91. The van der Waals surface area contributed by atoms with Gasteiger partial charge in [0.1, 0.15) is 0 Å². The van der Waals surface area contributed by atoms with Crippen molar-refractivity contribution in [2.45, 2.75) is 58.1 Å². The molecule has 0 spiro atoms. The van der Waals surface area contributed by atoms with Crippen LogP contribution in [0.3, 0.4) is 0 Å². The van der Waals surface area contributed by atoms with Crippen LogP contribution in [0.25, 0.3) is 10.9 Å². The van der Waals surface area contributed by atoms with Crippen molar-refractivity contribution in [2.24, 2.45) is 0 Å². The molecule has 0 aliphatic heterocycles. The van der Waals surface area contributed by atoms with Crippen LogP contribution in [-0.4, -0.2) is 30.4 Å². The molecule has 1 aromatic heterocycles. The van der Waals surface area contributed by atoms with Gasteiger partial charge in [-0.05, 0) is 58.9 Å². The van der Waals surface area contributed by atoms with Gasteiger partial charge in [-0.15, -0.1) is 0 Å². The van der Waals surface area contributed by atoms with E-state index in [1.54, 1.807) is 30.3 Å². The lowest BCUT2D eigenvalue weighted by molar-refractivity contribution is 0.164. The second-order valence-corrected chi connectivity index (χ2v) is 9.64. The number of nitrogens with zero attached hydrogens (tertiary/aromatic N) is 2. The molecule has 3 rings (SSSR count). The van der Waals surface area contributed by atoms with E-state index in [0.29, 0.717) is 29.8 Å². The molecule has 2 aromatic carbocycles. The molecule has 3 aromatic rings. The van der Waals surface area contributed by atoms with Crippen molar-refractivity contribution >= 4 is 26.6 Å². The molecule has 0 saturated carbocycles. The highest BCUT2D eigenvalue weighted by Gasteiger charge is 2.18. The minimum atomic E-state index is -3.68. The van der Waals surface area contributed by atoms with Gasteiger partial charge in [0.25, 0.3) is 10.0 Å². The number of rotatable bonds is 7. The molecule has 0 atom stereocenters. The number of pyridine rings is 1. The average molecular weight is 412 g/mol. The minimum absolute atomic E-state index is 0.238. The Kier molecular flexibility index (Phi) is 6.24. The van der Waals surface area contributed by atoms with Gasteiger partial charge < -0.3 is 0 Å². The summed E-state index contributed by atoms with van der Waals surface area (Å²) in [6.07, 6.45) is 0. The Bertz CT molecular complexity index is 1080. The standard InChI is InChI=1S/C23H29N3O2S/c1-16(2)26(17(3)4)15-20-12-11-19-7-6-8-22(23(19)24-20)25-29(27,28)21-13-9-18(5)10-14-21/h6-14,16-17,25H,15H2,1-5H3. The summed E-state index contributed by atoms with van der Waals surface area (Å²) >= 11 is 0. The zero-order valence-electron chi connectivity index (χ0n) is 17.7. The fourth-order valence-corrected chi connectivity index (χ4v) is 4.49. The van der Waals surface area contributed by atoms with Gasteiger partial charge in [0, 0.05) is 24.0 Å². The number of fused-ring (bicyclic) bond motifs is 1. The van der Waals surface area contributed by atoms with Gasteiger partial charge >= 0.3 is 0 Å². The molecule has 0 unspecified atom stereocenters. The molecule has 29 heavy (non-hydrogen) atoms. The van der Waals surface area contributed by atoms with Crippen LogP contribution < -0.4 is 4.72 Å². The quantitative estimate of drug-likeness (QED) is 0.597. The number of anilines is 1. The fraction of sp³-hybridized carbons (Fsp3) is 0.348. The number of benzene rings is 2. The van der Waals surface area contributed by atoms with E-state index >= 15 is 0 Å². The number of hydrogen-bond acceptors (Lipinski definition) is 4. The van der Waals surface area contributed by atoms with E-state index in [-0.39, 0.29) is 4.90 Å². The van der Waals surface area contributed by atoms with E-state index in [9.17, 15) is 8.42 Å². The van der Waals surface area contributed by atoms with Gasteiger partial charge in [-0.1, -0.05) is 35.9 Å². The van der Waals surface area contributed by atoms with Gasteiger partial charge in [-0.3, -0.25) is 9.62 Å². The Balaban J connectivity index is 1.97. The molecule has 1 N–H and O–H groups in total. The molecule has 0 fully saturated rings. The largest absolute Gasteiger partial charge is 0.293 e. The van der Waals surface area contributed by atoms with Gasteiger partial charge in [0.05, 0.1) is 21.8 Å². The predicted molar refractivity (Wildman–Crippen MR) is 120 cm³/mol. The van der Waals surface area contributed by atoms with E-state index in [4.69, 9.17) is 4.98 Å². The van der Waals surface area contributed by atoms with E-state index in [0.717, 1.165) is 16.6 Å². The van der Waals surface area contributed by atoms with Crippen LogP contribution >= 0.6 is 0 Å². The number of aryl methyl sites for hydroxylation is 1. The summed E-state index contributed by atoms with van der Waals surface area (Å²) in [4.78, 5) is 7.40. The fourth-order valence-electron chi connectivity index (χ4n) is 3.43. The van der Waals surface area contributed by atoms with Crippen molar-refractivity contribution in [3.8, 4) is 0 Å². The van der Waals surface area contributed by atoms with Gasteiger partial charge in [0.15, 0.2) is 0 Å². The van der Waals surface area contributed by atoms with E-state index < -0.39 is 10.0 Å². The van der Waals surface area contributed by atoms with Crippen molar-refractivity contribution in [3.63, 3.8) is 0 Å². The third kappa shape index (κ3) is 4.95. The molecule has 0 aliphatic carbocycles. The second kappa shape index (κ2) is 8.51. The van der Waals surface area contributed by atoms with Crippen LogP contribution in [0.4, 0.5) is 5.69 Å². The van der Waals surface area contributed by atoms with E-state index in [1.807, 2.05) is 31.2 Å². The van der Waals surface area contributed by atoms with Crippen LogP contribution in [0.5, 0.6) is 0 Å². The summed E-state index contributed by atoms with van der Waals surface area (Å²) in [5.74, 6) is 0. The summed E-state index contributed by atoms with van der Waals surface area (Å²) in [5.41, 5.74) is 3.08. The Morgan fingerprint density at radius 1 is 0.931 bits per heavy atom. The number of hydrogen-bond donors (Lipinski definition) is 1. The summed E-state index contributed by atoms with van der Waals surface area (Å²) < 4.78 is 28.4. The lowest BCUT2D eigenvalue weighted by Gasteiger charge is -2.30. The number of sulfonamides is 1. The smallest absolute Gasteiger partial charge is 0.261 e. The highest BCUT2D eigenvalue weighted by molar-refractivity contribution is 7.92. The SMILES string of the molecule is Cc1ccc(S(=O)(=O)Nc2cccc3ccc(CN(C(C)C)C(C)C)nc23)cc1. The van der Waals surface area contributed by atoms with Gasteiger partial charge in [-0.25, -0.2) is 13.4 Å². The van der Waals surface area contributed by atoms with Crippen molar-refractivity contribution in [3.05, 3.63) is 65.9 Å². The highest BCUT2D eigenvalue weighted by atomic mass is 32.2. The van der Waals surface area contributed by atoms with Gasteiger partial charge in [-0.2, -0.15) is 0 Å². The Labute approximate surface area is 173 Å². The van der Waals surface area contributed by atoms with Crippen LogP contribution in [-0.2, 0) is 16.6 Å². The Hall–Kier alpha value is -2.44. The monoisotopic (exact) mass is 411 g/mol. The van der Waals surface area contributed by atoms with Crippen molar-refractivity contribution < 1.29 is 8.42 Å². The maximum atomic E-state index is 12.9. The van der Waals surface area contributed by atoms with E-state index in [1.165, 1.54) is 0 Å². The average Bonchev–Trinajstić information content (AvgIpc) is 2.66. The van der Waals surface area contributed by atoms with E-state index in [2.05, 4.69) is 37.3 Å².